The van der Waals surface area contributed by atoms with Gasteiger partial charge in [0.05, 0.1) is 17.9 Å². The lowest BCUT2D eigenvalue weighted by molar-refractivity contribution is 0.102. The Morgan fingerprint density at radius 3 is 2.95 bits per heavy atom. The summed E-state index contributed by atoms with van der Waals surface area (Å²) in [7, 11) is 0. The number of benzene rings is 1. The number of carbonyl (C=O) groups is 1. The highest BCUT2D eigenvalue weighted by Gasteiger charge is 2.08. The number of aliphatic hydroxyl groups excluding tert-OH is 1. The molecule has 0 unspecified atom stereocenters. The molecule has 1 aromatic heterocycles. The van der Waals surface area contributed by atoms with Gasteiger partial charge >= 0.3 is 0 Å². The van der Waals surface area contributed by atoms with Crippen LogP contribution < -0.4 is 5.32 Å². The first-order valence-corrected chi connectivity index (χ1v) is 6.62. The van der Waals surface area contributed by atoms with E-state index in [0.29, 0.717) is 17.7 Å². The minimum atomic E-state index is -0.223. The second-order valence-corrected chi connectivity index (χ2v) is 4.52. The molecule has 0 aliphatic carbocycles. The summed E-state index contributed by atoms with van der Waals surface area (Å²) >= 11 is 0. The van der Waals surface area contributed by atoms with E-state index >= 15 is 0 Å². The Morgan fingerprint density at radius 1 is 1.38 bits per heavy atom. The molecule has 4 heteroatoms. The Kier molecular flexibility index (Phi) is 5.08. The van der Waals surface area contributed by atoms with Gasteiger partial charge in [-0.25, -0.2) is 0 Å². The molecule has 0 saturated carbocycles. The van der Waals surface area contributed by atoms with E-state index in [4.69, 9.17) is 5.11 Å². The quantitative estimate of drug-likeness (QED) is 0.849. The van der Waals surface area contributed by atoms with Crippen LogP contribution in [0.25, 0.3) is 0 Å². The zero-order chi connectivity index (χ0) is 15.1. The molecule has 0 saturated heterocycles. The molecule has 0 atom stereocenters. The first-order chi connectivity index (χ1) is 10.2. The second-order valence-electron chi connectivity index (χ2n) is 4.52. The highest BCUT2D eigenvalue weighted by molar-refractivity contribution is 6.04. The molecule has 2 N–H and O–H groups in total. The number of nitrogens with zero attached hydrogens (tertiary/aromatic N) is 1. The molecule has 0 fully saturated rings. The molecule has 1 amide bonds. The number of anilines is 1. The zero-order valence-corrected chi connectivity index (χ0v) is 11.8. The van der Waals surface area contributed by atoms with E-state index in [0.717, 1.165) is 11.1 Å². The number of aromatic nitrogens is 1. The van der Waals surface area contributed by atoms with Crippen LogP contribution in [-0.4, -0.2) is 22.6 Å². The summed E-state index contributed by atoms with van der Waals surface area (Å²) in [6.45, 7) is 1.97. The highest BCUT2D eigenvalue weighted by Crippen LogP contribution is 2.17. The van der Waals surface area contributed by atoms with Gasteiger partial charge in [0.25, 0.3) is 5.91 Å². The lowest BCUT2D eigenvalue weighted by Gasteiger charge is -2.08. The van der Waals surface area contributed by atoms with E-state index in [2.05, 4.69) is 22.1 Å². The summed E-state index contributed by atoms with van der Waals surface area (Å²) in [6.07, 6.45) is 3.54. The number of hydrogen-bond donors (Lipinski definition) is 2. The lowest BCUT2D eigenvalue weighted by atomic mass is 10.1. The van der Waals surface area contributed by atoms with Gasteiger partial charge in [0.1, 0.15) is 0 Å². The van der Waals surface area contributed by atoms with Gasteiger partial charge in [-0.1, -0.05) is 17.9 Å². The molecule has 2 aromatic rings. The van der Waals surface area contributed by atoms with E-state index in [9.17, 15) is 4.79 Å². The normalized spacial score (nSPS) is 9.62. The van der Waals surface area contributed by atoms with E-state index in [1.54, 1.807) is 18.3 Å². The molecular weight excluding hydrogens is 264 g/mol. The van der Waals surface area contributed by atoms with Crippen molar-refractivity contribution < 1.29 is 9.90 Å². The SMILES string of the molecule is Cc1ccc(C#CCCO)c(NC(=O)c2cccnc2)c1. The largest absolute Gasteiger partial charge is 0.395 e. The van der Waals surface area contributed by atoms with Crippen LogP contribution in [0, 0.1) is 18.8 Å². The molecule has 4 nitrogen and oxygen atoms in total. The minimum Gasteiger partial charge on any atom is -0.395 e. The first-order valence-electron chi connectivity index (χ1n) is 6.62. The number of aliphatic hydroxyl groups is 1. The van der Waals surface area contributed by atoms with E-state index in [1.807, 2.05) is 25.1 Å². The molecule has 1 aromatic carbocycles. The summed E-state index contributed by atoms with van der Waals surface area (Å²) in [5, 5.41) is 11.6. The van der Waals surface area contributed by atoms with Crippen LogP contribution in [0.5, 0.6) is 0 Å². The van der Waals surface area contributed by atoms with E-state index in [1.165, 1.54) is 6.20 Å². The first kappa shape index (κ1) is 14.8. The van der Waals surface area contributed by atoms with Gasteiger partial charge in [-0.2, -0.15) is 0 Å². The topological polar surface area (TPSA) is 62.2 Å². The Labute approximate surface area is 123 Å². The summed E-state index contributed by atoms with van der Waals surface area (Å²) in [6, 6.07) is 9.08. The van der Waals surface area contributed by atoms with Gasteiger partial charge < -0.3 is 10.4 Å². The smallest absolute Gasteiger partial charge is 0.257 e. The minimum absolute atomic E-state index is 0.0240. The standard InChI is InChI=1S/C17H16N2O2/c1-13-7-8-14(5-2-3-10-20)16(11-13)19-17(21)15-6-4-9-18-12-15/h4,6-9,11-12,20H,3,10H2,1H3,(H,19,21). The van der Waals surface area contributed by atoms with Gasteiger partial charge in [0.15, 0.2) is 0 Å². The van der Waals surface area contributed by atoms with Crippen molar-refractivity contribution in [2.75, 3.05) is 11.9 Å². The van der Waals surface area contributed by atoms with Crippen LogP contribution in [0.3, 0.4) is 0 Å². The maximum absolute atomic E-state index is 12.2. The monoisotopic (exact) mass is 280 g/mol. The number of pyridine rings is 1. The van der Waals surface area contributed by atoms with Crippen molar-refractivity contribution in [2.45, 2.75) is 13.3 Å². The maximum Gasteiger partial charge on any atom is 0.257 e. The van der Waals surface area contributed by atoms with Crippen molar-refractivity contribution in [1.82, 2.24) is 4.98 Å². The Balaban J connectivity index is 2.25. The van der Waals surface area contributed by atoms with Crippen LogP contribution in [0.2, 0.25) is 0 Å². The Hall–Kier alpha value is -2.64. The fraction of sp³-hybridized carbons (Fsp3) is 0.176. The molecule has 1 heterocycles. The third-order valence-corrected chi connectivity index (χ3v) is 2.81. The van der Waals surface area contributed by atoms with Crippen LogP contribution in [0.1, 0.15) is 27.9 Å². The van der Waals surface area contributed by atoms with Gasteiger partial charge in [-0.15, -0.1) is 0 Å². The second kappa shape index (κ2) is 7.22. The average molecular weight is 280 g/mol. The molecule has 0 bridgehead atoms. The van der Waals surface area contributed by atoms with Crippen molar-refractivity contribution in [1.29, 1.82) is 0 Å². The molecule has 21 heavy (non-hydrogen) atoms. The number of carbonyl (C=O) groups excluding carboxylic acids is 1. The summed E-state index contributed by atoms with van der Waals surface area (Å²) in [4.78, 5) is 16.1. The third-order valence-electron chi connectivity index (χ3n) is 2.81. The van der Waals surface area contributed by atoms with Crippen molar-refractivity contribution in [2.24, 2.45) is 0 Å². The summed E-state index contributed by atoms with van der Waals surface area (Å²) in [5.74, 6) is 5.60. The molecule has 106 valence electrons. The van der Waals surface area contributed by atoms with Crippen molar-refractivity contribution in [3.8, 4) is 11.8 Å². The molecule has 0 aliphatic heterocycles. The molecule has 0 aliphatic rings. The van der Waals surface area contributed by atoms with Crippen molar-refractivity contribution in [3.63, 3.8) is 0 Å². The fourth-order valence-electron chi connectivity index (χ4n) is 1.78. The van der Waals surface area contributed by atoms with Crippen LogP contribution in [0.15, 0.2) is 42.7 Å². The maximum atomic E-state index is 12.2. The molecular formula is C17H16N2O2. The predicted octanol–water partition coefficient (Wildman–Crippen LogP) is 2.38. The highest BCUT2D eigenvalue weighted by atomic mass is 16.2. The van der Waals surface area contributed by atoms with Crippen molar-refractivity contribution in [3.05, 3.63) is 59.4 Å². The summed E-state index contributed by atoms with van der Waals surface area (Å²) in [5.41, 5.74) is 2.91. The number of aryl methyl sites for hydroxylation is 1. The Bertz CT molecular complexity index is 685. The molecule has 2 rings (SSSR count). The fourth-order valence-corrected chi connectivity index (χ4v) is 1.78. The number of rotatable bonds is 3. The number of nitrogens with one attached hydrogen (secondary N) is 1. The number of amides is 1. The Morgan fingerprint density at radius 2 is 2.24 bits per heavy atom. The molecule has 0 spiro atoms. The predicted molar refractivity (Wildman–Crippen MR) is 82.0 cm³/mol. The van der Waals surface area contributed by atoms with Crippen molar-refractivity contribution >= 4 is 11.6 Å². The van der Waals surface area contributed by atoms with E-state index < -0.39 is 0 Å². The summed E-state index contributed by atoms with van der Waals surface area (Å²) < 4.78 is 0. The average Bonchev–Trinajstić information content (AvgIpc) is 2.50. The third kappa shape index (κ3) is 4.16. The zero-order valence-electron chi connectivity index (χ0n) is 11.8. The van der Waals surface area contributed by atoms with Crippen LogP contribution in [-0.2, 0) is 0 Å². The van der Waals surface area contributed by atoms with Gasteiger partial charge in [-0.3, -0.25) is 9.78 Å². The van der Waals surface area contributed by atoms with Crippen LogP contribution in [0.4, 0.5) is 5.69 Å². The number of hydrogen-bond acceptors (Lipinski definition) is 3. The molecule has 0 radical (unpaired) electrons. The lowest BCUT2D eigenvalue weighted by Crippen LogP contribution is -2.13. The van der Waals surface area contributed by atoms with Gasteiger partial charge in [0, 0.05) is 24.4 Å². The van der Waals surface area contributed by atoms with Gasteiger partial charge in [-0.05, 0) is 36.8 Å². The van der Waals surface area contributed by atoms with Gasteiger partial charge in [0.2, 0.25) is 0 Å². The van der Waals surface area contributed by atoms with E-state index in [-0.39, 0.29) is 12.5 Å². The van der Waals surface area contributed by atoms with Crippen LogP contribution >= 0.6 is 0 Å².